The van der Waals surface area contributed by atoms with E-state index in [1.807, 2.05) is 13.0 Å². The lowest BCUT2D eigenvalue weighted by molar-refractivity contribution is 0.145. The van der Waals surface area contributed by atoms with Crippen LogP contribution in [0.2, 0.25) is 0 Å². The van der Waals surface area contributed by atoms with Crippen molar-refractivity contribution in [3.05, 3.63) is 29.6 Å². The fraction of sp³-hybridized carbons (Fsp3) is 0.588. The van der Waals surface area contributed by atoms with Crippen molar-refractivity contribution in [2.24, 2.45) is 0 Å². The van der Waals surface area contributed by atoms with Gasteiger partial charge in [0.05, 0.1) is 12.2 Å². The van der Waals surface area contributed by atoms with Crippen LogP contribution in [0.25, 0.3) is 0 Å². The molecule has 0 amide bonds. The molecule has 1 aliphatic heterocycles. The van der Waals surface area contributed by atoms with E-state index >= 15 is 0 Å². The molecule has 0 radical (unpaired) electrons. The highest BCUT2D eigenvalue weighted by Crippen LogP contribution is 2.29. The van der Waals surface area contributed by atoms with E-state index in [0.717, 1.165) is 50.1 Å². The van der Waals surface area contributed by atoms with Crippen molar-refractivity contribution in [2.45, 2.75) is 44.8 Å². The van der Waals surface area contributed by atoms with Gasteiger partial charge in [-0.15, -0.1) is 0 Å². The minimum absolute atomic E-state index is 0.0243. The van der Waals surface area contributed by atoms with E-state index in [1.165, 1.54) is 6.07 Å². The molecule has 0 aliphatic carbocycles. The zero-order chi connectivity index (χ0) is 15.9. The van der Waals surface area contributed by atoms with Gasteiger partial charge in [0.1, 0.15) is 5.82 Å². The summed E-state index contributed by atoms with van der Waals surface area (Å²) >= 11 is 0. The number of aliphatic hydroxyl groups excluding tert-OH is 1. The smallest absolute Gasteiger partial charge is 0.123 e. The van der Waals surface area contributed by atoms with Gasteiger partial charge < -0.3 is 15.3 Å². The third-order valence-electron chi connectivity index (χ3n) is 4.18. The number of nitriles is 1. The van der Waals surface area contributed by atoms with Crippen molar-refractivity contribution in [1.29, 1.82) is 5.26 Å². The summed E-state index contributed by atoms with van der Waals surface area (Å²) in [4.78, 5) is 2.22. The predicted octanol–water partition coefficient (Wildman–Crippen LogP) is 2.74. The lowest BCUT2D eigenvalue weighted by Crippen LogP contribution is -2.37. The maximum Gasteiger partial charge on any atom is 0.123 e. The number of nitrogens with zero attached hydrogens (tertiary/aromatic N) is 2. The number of anilines is 1. The summed E-state index contributed by atoms with van der Waals surface area (Å²) in [6.07, 6.45) is 2.60. The first-order valence-corrected chi connectivity index (χ1v) is 7.94. The molecule has 22 heavy (non-hydrogen) atoms. The lowest BCUT2D eigenvalue weighted by Gasteiger charge is -2.34. The van der Waals surface area contributed by atoms with E-state index in [4.69, 9.17) is 5.26 Å². The van der Waals surface area contributed by atoms with E-state index in [2.05, 4.69) is 16.3 Å². The maximum atomic E-state index is 13.7. The van der Waals surface area contributed by atoms with Gasteiger partial charge in [-0.05, 0) is 56.5 Å². The minimum atomic E-state index is -0.235. The molecule has 5 heteroatoms. The number of nitrogens with one attached hydrogen (secondary N) is 1. The summed E-state index contributed by atoms with van der Waals surface area (Å²) < 4.78 is 13.7. The minimum Gasteiger partial charge on any atom is -0.393 e. The summed E-state index contributed by atoms with van der Waals surface area (Å²) in [5.41, 5.74) is 1.97. The largest absolute Gasteiger partial charge is 0.393 e. The molecule has 1 unspecified atom stereocenters. The van der Waals surface area contributed by atoms with Crippen LogP contribution in [0.5, 0.6) is 0 Å². The summed E-state index contributed by atoms with van der Waals surface area (Å²) in [5.74, 6) is -0.235. The molecule has 1 fully saturated rings. The molecule has 1 aromatic carbocycles. The molecule has 1 saturated heterocycles. The summed E-state index contributed by atoms with van der Waals surface area (Å²) in [5, 5.41) is 21.6. The van der Waals surface area contributed by atoms with Crippen LogP contribution in [0.15, 0.2) is 18.2 Å². The number of unbranched alkanes of at least 4 members (excludes halogenated alkanes) is 1. The third kappa shape index (κ3) is 4.43. The van der Waals surface area contributed by atoms with Crippen LogP contribution in [0.1, 0.15) is 44.2 Å². The van der Waals surface area contributed by atoms with Crippen LogP contribution in [0, 0.1) is 17.1 Å². The lowest BCUT2D eigenvalue weighted by atomic mass is 10.0. The highest BCUT2D eigenvalue weighted by atomic mass is 19.1. The monoisotopic (exact) mass is 305 g/mol. The summed E-state index contributed by atoms with van der Waals surface area (Å²) in [7, 11) is 0. The number of piperidine rings is 1. The topological polar surface area (TPSA) is 59.3 Å². The number of aliphatic hydroxyl groups is 1. The molecule has 0 bridgehead atoms. The third-order valence-corrected chi connectivity index (χ3v) is 4.18. The Morgan fingerprint density at radius 3 is 2.86 bits per heavy atom. The Morgan fingerprint density at radius 1 is 1.45 bits per heavy atom. The van der Waals surface area contributed by atoms with E-state index in [9.17, 15) is 9.50 Å². The predicted molar refractivity (Wildman–Crippen MR) is 85.1 cm³/mol. The number of hydrogen-bond donors (Lipinski definition) is 2. The molecule has 0 spiro atoms. The fourth-order valence-electron chi connectivity index (χ4n) is 2.86. The molecule has 2 rings (SSSR count). The van der Waals surface area contributed by atoms with Crippen molar-refractivity contribution in [1.82, 2.24) is 5.32 Å². The molecule has 2 N–H and O–H groups in total. The van der Waals surface area contributed by atoms with Gasteiger partial charge in [-0.1, -0.05) is 0 Å². The highest BCUT2D eigenvalue weighted by molar-refractivity contribution is 5.55. The average Bonchev–Trinajstić information content (AvgIpc) is 2.52. The van der Waals surface area contributed by atoms with Gasteiger partial charge >= 0.3 is 0 Å². The second-order valence-corrected chi connectivity index (χ2v) is 5.86. The van der Waals surface area contributed by atoms with Gasteiger partial charge in [0, 0.05) is 31.2 Å². The van der Waals surface area contributed by atoms with Gasteiger partial charge in [0.25, 0.3) is 0 Å². The number of halogens is 1. The molecule has 0 aromatic heterocycles. The first-order valence-electron chi connectivity index (χ1n) is 7.94. The summed E-state index contributed by atoms with van der Waals surface area (Å²) in [6.45, 7) is 4.34. The SMILES string of the molecule is CC(NCCCC#N)c1cc(F)ccc1N1CCC(O)CC1. The van der Waals surface area contributed by atoms with Crippen molar-refractivity contribution in [3.8, 4) is 6.07 Å². The van der Waals surface area contributed by atoms with Crippen LogP contribution in [0.3, 0.4) is 0 Å². The molecular formula is C17H24FN3O. The Labute approximate surface area is 131 Å². The van der Waals surface area contributed by atoms with Crippen molar-refractivity contribution < 1.29 is 9.50 Å². The van der Waals surface area contributed by atoms with Gasteiger partial charge in [-0.25, -0.2) is 4.39 Å². The first-order chi connectivity index (χ1) is 10.6. The van der Waals surface area contributed by atoms with Crippen LogP contribution in [-0.4, -0.2) is 30.8 Å². The Morgan fingerprint density at radius 2 is 2.18 bits per heavy atom. The van der Waals surface area contributed by atoms with E-state index in [1.54, 1.807) is 6.07 Å². The molecule has 1 atom stereocenters. The van der Waals surface area contributed by atoms with Crippen LogP contribution in [0.4, 0.5) is 10.1 Å². The Hall–Kier alpha value is -1.64. The van der Waals surface area contributed by atoms with Crippen LogP contribution < -0.4 is 10.2 Å². The van der Waals surface area contributed by atoms with Gasteiger partial charge in [-0.3, -0.25) is 0 Å². The highest BCUT2D eigenvalue weighted by Gasteiger charge is 2.21. The van der Waals surface area contributed by atoms with Crippen molar-refractivity contribution >= 4 is 5.69 Å². The van der Waals surface area contributed by atoms with Crippen molar-refractivity contribution in [3.63, 3.8) is 0 Å². The van der Waals surface area contributed by atoms with E-state index in [-0.39, 0.29) is 18.0 Å². The molecule has 0 saturated carbocycles. The molecular weight excluding hydrogens is 281 g/mol. The normalized spacial score (nSPS) is 17.3. The molecule has 4 nitrogen and oxygen atoms in total. The zero-order valence-electron chi connectivity index (χ0n) is 13.1. The molecule has 1 aromatic rings. The molecule has 1 heterocycles. The average molecular weight is 305 g/mol. The number of hydrogen-bond acceptors (Lipinski definition) is 4. The van der Waals surface area contributed by atoms with Gasteiger partial charge in [0.2, 0.25) is 0 Å². The van der Waals surface area contributed by atoms with Gasteiger partial charge in [0.15, 0.2) is 0 Å². The maximum absolute atomic E-state index is 13.7. The quantitative estimate of drug-likeness (QED) is 0.793. The van der Waals surface area contributed by atoms with Crippen LogP contribution >= 0.6 is 0 Å². The summed E-state index contributed by atoms with van der Waals surface area (Å²) in [6, 6.07) is 7.06. The van der Waals surface area contributed by atoms with Crippen molar-refractivity contribution in [2.75, 3.05) is 24.5 Å². The Kier molecular flexibility index (Phi) is 6.17. The Bertz CT molecular complexity index is 521. The molecule has 1 aliphatic rings. The fourth-order valence-corrected chi connectivity index (χ4v) is 2.86. The zero-order valence-corrected chi connectivity index (χ0v) is 13.1. The van der Waals surface area contributed by atoms with Crippen LogP contribution in [-0.2, 0) is 0 Å². The number of rotatable bonds is 6. The number of benzene rings is 1. The second kappa shape index (κ2) is 8.11. The second-order valence-electron chi connectivity index (χ2n) is 5.86. The van der Waals surface area contributed by atoms with E-state index < -0.39 is 0 Å². The Balaban J connectivity index is 2.08. The standard InChI is InChI=1S/C17H24FN3O/c1-13(20-9-3-2-8-19)16-12-14(18)4-5-17(16)21-10-6-15(22)7-11-21/h4-5,12-13,15,20,22H,2-3,6-7,9-11H2,1H3. The van der Waals surface area contributed by atoms with Gasteiger partial charge in [-0.2, -0.15) is 5.26 Å². The van der Waals surface area contributed by atoms with E-state index in [0.29, 0.717) is 6.42 Å². The molecule has 120 valence electrons. The first kappa shape index (κ1) is 16.7.